The number of hydrogen-bond donors (Lipinski definition) is 1. The van der Waals surface area contributed by atoms with Gasteiger partial charge in [0, 0.05) is 24.3 Å². The predicted molar refractivity (Wildman–Crippen MR) is 109 cm³/mol. The molecule has 4 nitrogen and oxygen atoms in total. The zero-order valence-corrected chi connectivity index (χ0v) is 16.5. The first-order chi connectivity index (χ1) is 13.0. The van der Waals surface area contributed by atoms with Crippen LogP contribution in [0, 0.1) is 19.7 Å². The first-order valence-corrected chi connectivity index (χ1v) is 10.1. The molecule has 0 saturated heterocycles. The van der Waals surface area contributed by atoms with Gasteiger partial charge < -0.3 is 15.1 Å². The highest BCUT2D eigenvalue weighted by Gasteiger charge is 2.21. The van der Waals surface area contributed by atoms with Crippen LogP contribution in [0.3, 0.4) is 0 Å². The van der Waals surface area contributed by atoms with E-state index >= 15 is 0 Å². The number of rotatable bonds is 3. The molecule has 0 bridgehead atoms. The van der Waals surface area contributed by atoms with Gasteiger partial charge in [-0.25, -0.2) is 4.39 Å². The summed E-state index contributed by atoms with van der Waals surface area (Å²) < 4.78 is 19.0. The number of nitrogens with zero attached hydrogens (tertiary/aromatic N) is 2. The summed E-state index contributed by atoms with van der Waals surface area (Å²) in [5, 5.41) is 0.736. The van der Waals surface area contributed by atoms with Gasteiger partial charge in [-0.2, -0.15) is 4.98 Å². The molecule has 2 N–H and O–H groups in total. The normalized spacial score (nSPS) is 13.7. The lowest BCUT2D eigenvalue weighted by molar-refractivity contribution is 0.491. The van der Waals surface area contributed by atoms with Crippen LogP contribution in [0.1, 0.15) is 22.3 Å². The molecule has 4 rings (SSSR count). The van der Waals surface area contributed by atoms with Crippen molar-refractivity contribution < 1.29 is 8.81 Å². The molecule has 0 saturated carbocycles. The quantitative estimate of drug-likeness (QED) is 0.648. The van der Waals surface area contributed by atoms with Gasteiger partial charge in [-0.15, -0.1) is 0 Å². The highest BCUT2D eigenvalue weighted by molar-refractivity contribution is 7.98. The van der Waals surface area contributed by atoms with Crippen molar-refractivity contribution in [2.24, 2.45) is 0 Å². The van der Waals surface area contributed by atoms with Crippen LogP contribution < -0.4 is 10.6 Å². The Bertz CT molecular complexity index is 992. The maximum atomic E-state index is 13.5. The molecule has 27 heavy (non-hydrogen) atoms. The molecule has 0 atom stereocenters. The number of benzene rings is 2. The van der Waals surface area contributed by atoms with E-state index in [-0.39, 0.29) is 11.8 Å². The molecule has 140 valence electrons. The molecule has 3 aromatic rings. The Balaban J connectivity index is 1.69. The molecule has 1 aliphatic heterocycles. The second kappa shape index (κ2) is 6.93. The van der Waals surface area contributed by atoms with Gasteiger partial charge in [-0.3, -0.25) is 0 Å². The Morgan fingerprint density at radius 1 is 1.15 bits per heavy atom. The fourth-order valence-corrected chi connectivity index (χ4v) is 4.37. The minimum atomic E-state index is -0.158. The van der Waals surface area contributed by atoms with Crippen molar-refractivity contribution in [3.8, 4) is 11.3 Å². The third kappa shape index (κ3) is 3.30. The van der Waals surface area contributed by atoms with Crippen molar-refractivity contribution in [3.63, 3.8) is 0 Å². The number of fused-ring (bicyclic) bond motifs is 1. The van der Waals surface area contributed by atoms with Crippen molar-refractivity contribution in [2.45, 2.75) is 31.9 Å². The maximum absolute atomic E-state index is 13.5. The highest BCUT2D eigenvalue weighted by atomic mass is 32.2. The van der Waals surface area contributed by atoms with Gasteiger partial charge in [0.2, 0.25) is 0 Å². The van der Waals surface area contributed by atoms with Crippen molar-refractivity contribution in [2.75, 3.05) is 23.4 Å². The maximum Gasteiger partial charge on any atom is 0.293 e. The van der Waals surface area contributed by atoms with E-state index in [1.165, 1.54) is 23.0 Å². The number of nitrogens with two attached hydrogens (primary N) is 1. The Labute approximate surface area is 162 Å². The van der Waals surface area contributed by atoms with Gasteiger partial charge >= 0.3 is 0 Å². The van der Waals surface area contributed by atoms with E-state index < -0.39 is 0 Å². The summed E-state index contributed by atoms with van der Waals surface area (Å²) >= 11 is 1.50. The second-order valence-corrected chi connectivity index (χ2v) is 7.71. The van der Waals surface area contributed by atoms with E-state index in [4.69, 9.17) is 10.2 Å². The Kier molecular flexibility index (Phi) is 4.60. The summed E-state index contributed by atoms with van der Waals surface area (Å²) in [6.45, 7) is 5.85. The van der Waals surface area contributed by atoms with Crippen molar-refractivity contribution >= 4 is 23.5 Å². The van der Waals surface area contributed by atoms with Crippen molar-refractivity contribution in [1.29, 1.82) is 0 Å². The Hall–Kier alpha value is -2.47. The van der Waals surface area contributed by atoms with Crippen LogP contribution in [-0.4, -0.2) is 17.8 Å². The summed E-state index contributed by atoms with van der Waals surface area (Å²) in [5.74, 6) is -0.158. The van der Waals surface area contributed by atoms with Crippen molar-refractivity contribution in [1.82, 2.24) is 4.98 Å². The number of oxazole rings is 1. The lowest BCUT2D eigenvalue weighted by Crippen LogP contribution is -2.30. The summed E-state index contributed by atoms with van der Waals surface area (Å²) in [7, 11) is 0. The minimum Gasteiger partial charge on any atom is -0.417 e. The van der Waals surface area contributed by atoms with Gasteiger partial charge in [0.25, 0.3) is 6.01 Å². The summed E-state index contributed by atoms with van der Waals surface area (Å²) in [6.07, 6.45) is 2.81. The fraction of sp³-hybridized carbons (Fsp3) is 0.286. The average molecular weight is 383 g/mol. The average Bonchev–Trinajstić information content (AvgIpc) is 3.01. The molecule has 0 amide bonds. The smallest absolute Gasteiger partial charge is 0.293 e. The van der Waals surface area contributed by atoms with Crippen LogP contribution in [0.2, 0.25) is 0 Å². The van der Waals surface area contributed by atoms with Gasteiger partial charge in [0.15, 0.2) is 5.09 Å². The standard InChI is InChI=1S/C21H22FN3OS/c1-12-8-17(25-7-6-14-10-16(22)5-4-15(14)11-25)9-13(2)18(12)19-20(27-3)26-21(23)24-19/h4-5,8-10H,6-7,11H2,1-3H3,(H2,23,24). The van der Waals surface area contributed by atoms with Crippen molar-refractivity contribution in [3.05, 3.63) is 58.4 Å². The van der Waals surface area contributed by atoms with Gasteiger partial charge in [0.05, 0.1) is 0 Å². The van der Waals surface area contributed by atoms with Crippen LogP contribution in [-0.2, 0) is 13.0 Å². The number of nitrogen functional groups attached to an aromatic ring is 1. The number of aromatic nitrogens is 1. The Morgan fingerprint density at radius 3 is 2.59 bits per heavy atom. The molecule has 0 radical (unpaired) electrons. The third-order valence-electron chi connectivity index (χ3n) is 5.10. The summed E-state index contributed by atoms with van der Waals surface area (Å²) in [5.41, 5.74) is 13.4. The fourth-order valence-electron chi connectivity index (χ4n) is 3.86. The molecule has 0 fully saturated rings. The lowest BCUT2D eigenvalue weighted by Gasteiger charge is -2.31. The SMILES string of the molecule is CSc1oc(N)nc1-c1c(C)cc(N2CCc3cc(F)ccc3C2)cc1C. The molecule has 2 heterocycles. The first kappa shape index (κ1) is 17.9. The zero-order valence-electron chi connectivity index (χ0n) is 15.7. The molecule has 0 unspecified atom stereocenters. The molecular weight excluding hydrogens is 361 g/mol. The largest absolute Gasteiger partial charge is 0.417 e. The second-order valence-electron chi connectivity index (χ2n) is 6.93. The van der Waals surface area contributed by atoms with Crippen LogP contribution in [0.15, 0.2) is 39.8 Å². The predicted octanol–water partition coefficient (Wildman–Crippen LogP) is 4.96. The van der Waals surface area contributed by atoms with E-state index in [9.17, 15) is 4.39 Å². The third-order valence-corrected chi connectivity index (χ3v) is 5.75. The molecular formula is C21H22FN3OS. The molecule has 1 aromatic heterocycles. The molecule has 0 aliphatic carbocycles. The number of hydrogen-bond acceptors (Lipinski definition) is 5. The summed E-state index contributed by atoms with van der Waals surface area (Å²) in [4.78, 5) is 6.74. The van der Waals surface area contributed by atoms with Crippen LogP contribution in [0.4, 0.5) is 16.1 Å². The topological polar surface area (TPSA) is 55.3 Å². The number of thioether (sulfide) groups is 1. The van der Waals surface area contributed by atoms with E-state index in [0.717, 1.165) is 52.6 Å². The molecule has 1 aliphatic rings. The zero-order chi connectivity index (χ0) is 19.1. The molecule has 0 spiro atoms. The number of anilines is 2. The van der Waals surface area contributed by atoms with E-state index in [1.54, 1.807) is 12.1 Å². The van der Waals surface area contributed by atoms with Crippen LogP contribution >= 0.6 is 11.8 Å². The molecule has 6 heteroatoms. The number of halogens is 1. The van der Waals surface area contributed by atoms with Gasteiger partial charge in [0.1, 0.15) is 11.5 Å². The van der Waals surface area contributed by atoms with E-state index in [2.05, 4.69) is 35.9 Å². The monoisotopic (exact) mass is 383 g/mol. The Morgan fingerprint density at radius 2 is 1.89 bits per heavy atom. The van der Waals surface area contributed by atoms with Crippen LogP contribution in [0.5, 0.6) is 0 Å². The van der Waals surface area contributed by atoms with Gasteiger partial charge in [-0.1, -0.05) is 17.8 Å². The lowest BCUT2D eigenvalue weighted by atomic mass is 9.96. The molecule has 2 aromatic carbocycles. The first-order valence-electron chi connectivity index (χ1n) is 8.90. The minimum absolute atomic E-state index is 0.158. The van der Waals surface area contributed by atoms with Gasteiger partial charge in [-0.05, 0) is 73.0 Å². The number of aryl methyl sites for hydroxylation is 2. The van der Waals surface area contributed by atoms with E-state index in [0.29, 0.717) is 0 Å². The van der Waals surface area contributed by atoms with E-state index in [1.807, 2.05) is 12.3 Å². The highest BCUT2D eigenvalue weighted by Crippen LogP contribution is 2.38. The summed E-state index contributed by atoms with van der Waals surface area (Å²) in [6, 6.07) is 9.66. The van der Waals surface area contributed by atoms with Crippen LogP contribution in [0.25, 0.3) is 11.3 Å².